The average molecular weight is 289 g/mol. The van der Waals surface area contributed by atoms with Crippen LogP contribution in [-0.4, -0.2) is 46.5 Å². The molecule has 0 aromatic heterocycles. The Hall–Kier alpha value is -0.710. The van der Waals surface area contributed by atoms with Gasteiger partial charge in [-0.3, -0.25) is 9.59 Å². The van der Waals surface area contributed by atoms with Crippen molar-refractivity contribution < 1.29 is 14.7 Å². The number of carboxylic acid groups (broad SMARTS) is 1. The fourth-order valence-electron chi connectivity index (χ4n) is 1.54. The van der Waals surface area contributed by atoms with E-state index in [1.54, 1.807) is 6.92 Å². The molecule has 112 valence electrons. The van der Waals surface area contributed by atoms with Crippen molar-refractivity contribution in [1.29, 1.82) is 0 Å². The summed E-state index contributed by atoms with van der Waals surface area (Å²) in [5.41, 5.74) is 0. The van der Waals surface area contributed by atoms with Crippen LogP contribution in [0.3, 0.4) is 0 Å². The maximum Gasteiger partial charge on any atom is 0.307 e. The Morgan fingerprint density at radius 1 is 1.16 bits per heavy atom. The van der Waals surface area contributed by atoms with Gasteiger partial charge in [0.05, 0.1) is 11.7 Å². The van der Waals surface area contributed by atoms with Crippen LogP contribution in [0.2, 0.25) is 0 Å². The summed E-state index contributed by atoms with van der Waals surface area (Å²) in [6, 6.07) is 0. The van der Waals surface area contributed by atoms with Crippen molar-refractivity contribution >= 4 is 23.6 Å². The van der Waals surface area contributed by atoms with Crippen molar-refractivity contribution in [3.63, 3.8) is 0 Å². The van der Waals surface area contributed by atoms with Crippen LogP contribution in [0.4, 0.5) is 0 Å². The fraction of sp³-hybridized carbons (Fsp3) is 0.857. The lowest BCUT2D eigenvalue weighted by Crippen LogP contribution is -2.34. The van der Waals surface area contributed by atoms with Gasteiger partial charge in [0.25, 0.3) is 0 Å². The molecule has 0 saturated heterocycles. The first-order chi connectivity index (χ1) is 9.02. The number of hydrogen-bond acceptors (Lipinski definition) is 3. The number of carbonyl (C=O) groups excluding carboxylic acids is 1. The monoisotopic (exact) mass is 289 g/mol. The maximum absolute atomic E-state index is 12.1. The van der Waals surface area contributed by atoms with E-state index in [1.165, 1.54) is 11.8 Å². The molecular formula is C14H27NO3S. The van der Waals surface area contributed by atoms with Gasteiger partial charge in [-0.25, -0.2) is 0 Å². The van der Waals surface area contributed by atoms with Gasteiger partial charge in [0.1, 0.15) is 0 Å². The van der Waals surface area contributed by atoms with Gasteiger partial charge in [-0.05, 0) is 12.8 Å². The summed E-state index contributed by atoms with van der Waals surface area (Å²) in [6.45, 7) is 7.55. The molecular weight excluding hydrogens is 262 g/mol. The number of unbranched alkanes of at least 4 members (excludes halogenated alkanes) is 2. The van der Waals surface area contributed by atoms with Gasteiger partial charge in [-0.15, -0.1) is 0 Å². The molecule has 0 spiro atoms. The molecule has 5 heteroatoms. The molecule has 1 unspecified atom stereocenters. The summed E-state index contributed by atoms with van der Waals surface area (Å²) in [4.78, 5) is 24.7. The zero-order valence-corrected chi connectivity index (χ0v) is 13.2. The summed E-state index contributed by atoms with van der Waals surface area (Å²) in [5.74, 6) is -0.155. The fourth-order valence-corrected chi connectivity index (χ4v) is 2.52. The Bertz CT molecular complexity index is 263. The highest BCUT2D eigenvalue weighted by Crippen LogP contribution is 2.10. The molecule has 4 nitrogen and oxygen atoms in total. The molecule has 1 atom stereocenters. The minimum atomic E-state index is -0.797. The van der Waals surface area contributed by atoms with Gasteiger partial charge in [0, 0.05) is 18.8 Å². The molecule has 0 rings (SSSR count). The van der Waals surface area contributed by atoms with E-state index in [4.69, 9.17) is 5.11 Å². The number of hydrogen-bond donors (Lipinski definition) is 1. The van der Waals surface area contributed by atoms with Crippen molar-refractivity contribution in [2.75, 3.05) is 24.6 Å². The van der Waals surface area contributed by atoms with Crippen molar-refractivity contribution in [3.05, 3.63) is 0 Å². The van der Waals surface area contributed by atoms with Crippen LogP contribution in [-0.2, 0) is 9.59 Å². The second-order valence-electron chi connectivity index (χ2n) is 4.84. The van der Waals surface area contributed by atoms with Crippen LogP contribution in [0.1, 0.15) is 46.5 Å². The third-order valence-corrected chi connectivity index (χ3v) is 4.12. The lowest BCUT2D eigenvalue weighted by molar-refractivity contribution is -0.140. The van der Waals surface area contributed by atoms with Gasteiger partial charge < -0.3 is 10.0 Å². The third kappa shape index (κ3) is 8.92. The molecule has 19 heavy (non-hydrogen) atoms. The van der Waals surface area contributed by atoms with Gasteiger partial charge in [-0.2, -0.15) is 11.8 Å². The Labute approximate surface area is 120 Å². The van der Waals surface area contributed by atoms with Crippen LogP contribution in [0.25, 0.3) is 0 Å². The Morgan fingerprint density at radius 3 is 2.11 bits per heavy atom. The Balaban J connectivity index is 4.04. The van der Waals surface area contributed by atoms with E-state index in [-0.39, 0.29) is 5.91 Å². The number of rotatable bonds is 11. The standard InChI is InChI=1S/C14H27NO3S/c1-4-6-8-15(9-7-5-2)13(16)11-19-10-12(3)14(17)18/h12H,4-11H2,1-3H3,(H,17,18). The number of nitrogens with zero attached hydrogens (tertiary/aromatic N) is 1. The molecule has 0 aromatic rings. The minimum absolute atomic E-state index is 0.143. The highest BCUT2D eigenvalue weighted by Gasteiger charge is 2.15. The van der Waals surface area contributed by atoms with Crippen molar-refractivity contribution in [2.24, 2.45) is 5.92 Å². The Morgan fingerprint density at radius 2 is 1.68 bits per heavy atom. The molecule has 0 aliphatic carbocycles. The summed E-state index contributed by atoms with van der Waals surface area (Å²) in [5, 5.41) is 8.78. The molecule has 0 radical (unpaired) electrons. The molecule has 0 fully saturated rings. The molecule has 1 amide bonds. The normalized spacial score (nSPS) is 12.2. The highest BCUT2D eigenvalue weighted by atomic mass is 32.2. The zero-order valence-electron chi connectivity index (χ0n) is 12.4. The van der Waals surface area contributed by atoms with E-state index in [9.17, 15) is 9.59 Å². The predicted octanol–water partition coefficient (Wildman–Crippen LogP) is 2.87. The highest BCUT2D eigenvalue weighted by molar-refractivity contribution is 7.99. The maximum atomic E-state index is 12.1. The van der Waals surface area contributed by atoms with Crippen molar-refractivity contribution in [2.45, 2.75) is 46.5 Å². The number of aliphatic carboxylic acids is 1. The van der Waals surface area contributed by atoms with Gasteiger partial charge >= 0.3 is 5.97 Å². The first-order valence-electron chi connectivity index (χ1n) is 7.11. The average Bonchev–Trinajstić information content (AvgIpc) is 2.38. The van der Waals surface area contributed by atoms with E-state index in [2.05, 4.69) is 13.8 Å². The molecule has 0 aromatic carbocycles. The van der Waals surface area contributed by atoms with Crippen LogP contribution in [0.5, 0.6) is 0 Å². The van der Waals surface area contributed by atoms with Crippen LogP contribution in [0, 0.1) is 5.92 Å². The topological polar surface area (TPSA) is 57.6 Å². The van der Waals surface area contributed by atoms with E-state index in [0.29, 0.717) is 11.5 Å². The second-order valence-corrected chi connectivity index (χ2v) is 5.87. The third-order valence-electron chi connectivity index (χ3n) is 2.93. The summed E-state index contributed by atoms with van der Waals surface area (Å²) in [7, 11) is 0. The molecule has 0 aliphatic rings. The number of carbonyl (C=O) groups is 2. The van der Waals surface area contributed by atoms with E-state index in [0.717, 1.165) is 38.8 Å². The first kappa shape index (κ1) is 18.3. The summed E-state index contributed by atoms with van der Waals surface area (Å²) >= 11 is 1.42. The van der Waals surface area contributed by atoms with E-state index >= 15 is 0 Å². The van der Waals surface area contributed by atoms with Gasteiger partial charge in [-0.1, -0.05) is 33.6 Å². The second kappa shape index (κ2) is 11.1. The van der Waals surface area contributed by atoms with Crippen LogP contribution in [0.15, 0.2) is 0 Å². The lowest BCUT2D eigenvalue weighted by Gasteiger charge is -2.22. The van der Waals surface area contributed by atoms with E-state index in [1.807, 2.05) is 4.90 Å². The number of amides is 1. The summed E-state index contributed by atoms with van der Waals surface area (Å²) < 4.78 is 0. The number of carboxylic acids is 1. The zero-order chi connectivity index (χ0) is 14.7. The quantitative estimate of drug-likeness (QED) is 0.635. The minimum Gasteiger partial charge on any atom is -0.481 e. The SMILES string of the molecule is CCCCN(CCCC)C(=O)CSCC(C)C(=O)O. The van der Waals surface area contributed by atoms with Crippen LogP contribution < -0.4 is 0 Å². The summed E-state index contributed by atoms with van der Waals surface area (Å²) in [6.07, 6.45) is 4.23. The predicted molar refractivity (Wildman–Crippen MR) is 80.5 cm³/mol. The smallest absolute Gasteiger partial charge is 0.307 e. The molecule has 0 bridgehead atoms. The van der Waals surface area contributed by atoms with Crippen LogP contribution >= 0.6 is 11.8 Å². The molecule has 1 N–H and O–H groups in total. The molecule has 0 saturated carbocycles. The Kier molecular flexibility index (Phi) is 10.7. The van der Waals surface area contributed by atoms with Crippen molar-refractivity contribution in [1.82, 2.24) is 4.90 Å². The molecule has 0 heterocycles. The van der Waals surface area contributed by atoms with Crippen molar-refractivity contribution in [3.8, 4) is 0 Å². The largest absolute Gasteiger partial charge is 0.481 e. The van der Waals surface area contributed by atoms with Gasteiger partial charge in [0.2, 0.25) is 5.91 Å². The van der Waals surface area contributed by atoms with Gasteiger partial charge in [0.15, 0.2) is 0 Å². The lowest BCUT2D eigenvalue weighted by atomic mass is 10.2. The molecule has 0 aliphatic heterocycles. The number of thioether (sulfide) groups is 1. The first-order valence-corrected chi connectivity index (χ1v) is 8.26. The van der Waals surface area contributed by atoms with E-state index < -0.39 is 11.9 Å².